The van der Waals surface area contributed by atoms with Crippen molar-refractivity contribution in [1.29, 1.82) is 0 Å². The highest BCUT2D eigenvalue weighted by molar-refractivity contribution is 6.30. The quantitative estimate of drug-likeness (QED) is 0.698. The fourth-order valence-corrected chi connectivity index (χ4v) is 1.29. The molecule has 0 radical (unpaired) electrons. The largest absolute Gasteiger partial charge is 0.381 e. The zero-order valence-corrected chi connectivity index (χ0v) is 9.59. The second kappa shape index (κ2) is 6.59. The summed E-state index contributed by atoms with van der Waals surface area (Å²) in [5.41, 5.74) is 1.20. The molecular formula is C12H15ClO2. The maximum Gasteiger partial charge on any atom is 0.132 e. The fraction of sp³-hybridized carbons (Fsp3) is 0.417. The van der Waals surface area contributed by atoms with E-state index < -0.39 is 0 Å². The van der Waals surface area contributed by atoms with E-state index in [1.807, 2.05) is 24.3 Å². The van der Waals surface area contributed by atoms with Crippen molar-refractivity contribution in [2.24, 2.45) is 0 Å². The highest BCUT2D eigenvalue weighted by atomic mass is 35.5. The third-order valence-corrected chi connectivity index (χ3v) is 2.30. The van der Waals surface area contributed by atoms with Crippen LogP contribution in [-0.4, -0.2) is 19.0 Å². The van der Waals surface area contributed by atoms with Crippen molar-refractivity contribution in [3.63, 3.8) is 0 Å². The topological polar surface area (TPSA) is 26.3 Å². The number of hydrogen-bond acceptors (Lipinski definition) is 2. The summed E-state index contributed by atoms with van der Waals surface area (Å²) in [4.78, 5) is 10.6. The van der Waals surface area contributed by atoms with Crippen LogP contribution in [0.3, 0.4) is 0 Å². The molecule has 0 amide bonds. The Morgan fingerprint density at radius 1 is 1.27 bits per heavy atom. The van der Waals surface area contributed by atoms with E-state index in [1.165, 1.54) is 5.56 Å². The van der Waals surface area contributed by atoms with Gasteiger partial charge in [0.2, 0.25) is 0 Å². The molecule has 0 N–H and O–H groups in total. The van der Waals surface area contributed by atoms with Crippen LogP contribution in [0.25, 0.3) is 0 Å². The Hall–Kier alpha value is -0.860. The Morgan fingerprint density at radius 3 is 2.53 bits per heavy atom. The van der Waals surface area contributed by atoms with Gasteiger partial charge in [0.25, 0.3) is 0 Å². The third-order valence-electron chi connectivity index (χ3n) is 2.05. The van der Waals surface area contributed by atoms with Crippen molar-refractivity contribution in [1.82, 2.24) is 0 Å². The lowest BCUT2D eigenvalue weighted by atomic mass is 10.2. The number of carbonyl (C=O) groups is 1. The van der Waals surface area contributed by atoms with Crippen LogP contribution in [0, 0.1) is 0 Å². The minimum Gasteiger partial charge on any atom is -0.381 e. The van der Waals surface area contributed by atoms with E-state index in [0.29, 0.717) is 19.6 Å². The number of ether oxygens (including phenoxy) is 1. The number of Topliss-reactive ketones (excluding diaryl/α,β-unsaturated/α-hetero) is 1. The first-order valence-corrected chi connectivity index (χ1v) is 5.38. The smallest absolute Gasteiger partial charge is 0.132 e. The van der Waals surface area contributed by atoms with Crippen LogP contribution in [0.15, 0.2) is 24.3 Å². The highest BCUT2D eigenvalue weighted by Gasteiger charge is 1.95. The molecule has 0 heterocycles. The lowest BCUT2D eigenvalue weighted by Crippen LogP contribution is -2.03. The van der Waals surface area contributed by atoms with E-state index in [9.17, 15) is 4.79 Å². The van der Waals surface area contributed by atoms with E-state index in [4.69, 9.17) is 16.3 Å². The molecule has 15 heavy (non-hydrogen) atoms. The molecule has 1 aromatic carbocycles. The predicted molar refractivity (Wildman–Crippen MR) is 61.3 cm³/mol. The zero-order valence-electron chi connectivity index (χ0n) is 8.83. The van der Waals surface area contributed by atoms with Gasteiger partial charge in [-0.25, -0.2) is 0 Å². The average Bonchev–Trinajstić information content (AvgIpc) is 2.20. The Kier molecular flexibility index (Phi) is 5.37. The van der Waals surface area contributed by atoms with Crippen LogP contribution in [0.2, 0.25) is 5.02 Å². The number of rotatable bonds is 6. The van der Waals surface area contributed by atoms with Gasteiger partial charge in [0.1, 0.15) is 5.78 Å². The lowest BCUT2D eigenvalue weighted by molar-refractivity contribution is -0.118. The fourth-order valence-electron chi connectivity index (χ4n) is 1.16. The predicted octanol–water partition coefficient (Wildman–Crippen LogP) is 2.88. The molecule has 0 bridgehead atoms. The van der Waals surface area contributed by atoms with Crippen LogP contribution < -0.4 is 0 Å². The molecule has 0 aliphatic heterocycles. The highest BCUT2D eigenvalue weighted by Crippen LogP contribution is 2.09. The van der Waals surface area contributed by atoms with Gasteiger partial charge in [-0.1, -0.05) is 23.7 Å². The second-order valence-electron chi connectivity index (χ2n) is 3.44. The van der Waals surface area contributed by atoms with E-state index in [0.717, 1.165) is 11.4 Å². The summed E-state index contributed by atoms with van der Waals surface area (Å²) in [6.07, 6.45) is 1.36. The van der Waals surface area contributed by atoms with Gasteiger partial charge in [-0.15, -0.1) is 0 Å². The zero-order chi connectivity index (χ0) is 11.1. The Morgan fingerprint density at radius 2 is 1.93 bits per heavy atom. The molecule has 0 aromatic heterocycles. The standard InChI is InChI=1S/C12H15ClO2/c1-10(14)6-8-15-9-7-11-2-4-12(13)5-3-11/h2-5H,6-9H2,1H3. The molecule has 0 aliphatic rings. The second-order valence-corrected chi connectivity index (χ2v) is 3.88. The molecule has 0 atom stereocenters. The summed E-state index contributed by atoms with van der Waals surface area (Å²) in [7, 11) is 0. The van der Waals surface area contributed by atoms with Crippen LogP contribution >= 0.6 is 11.6 Å². The monoisotopic (exact) mass is 226 g/mol. The molecule has 0 fully saturated rings. The molecule has 1 rings (SSSR count). The van der Waals surface area contributed by atoms with Crippen molar-refractivity contribution in [2.75, 3.05) is 13.2 Å². The minimum atomic E-state index is 0.168. The molecule has 0 saturated heterocycles. The molecular weight excluding hydrogens is 212 g/mol. The number of hydrogen-bond donors (Lipinski definition) is 0. The summed E-state index contributed by atoms with van der Waals surface area (Å²) >= 11 is 5.76. The summed E-state index contributed by atoms with van der Waals surface area (Å²) < 4.78 is 5.32. The lowest BCUT2D eigenvalue weighted by Gasteiger charge is -2.03. The number of carbonyl (C=O) groups excluding carboxylic acids is 1. The van der Waals surface area contributed by atoms with Crippen molar-refractivity contribution in [2.45, 2.75) is 19.8 Å². The summed E-state index contributed by atoms with van der Waals surface area (Å²) in [5.74, 6) is 0.168. The Labute approximate surface area is 95.2 Å². The van der Waals surface area contributed by atoms with E-state index in [2.05, 4.69) is 0 Å². The van der Waals surface area contributed by atoms with Gasteiger partial charge in [0.15, 0.2) is 0 Å². The van der Waals surface area contributed by atoms with Crippen LogP contribution in [0.1, 0.15) is 18.9 Å². The number of benzene rings is 1. The van der Waals surface area contributed by atoms with Gasteiger partial charge in [0, 0.05) is 11.4 Å². The van der Waals surface area contributed by atoms with Gasteiger partial charge >= 0.3 is 0 Å². The molecule has 0 saturated carbocycles. The summed E-state index contributed by atoms with van der Waals surface area (Å²) in [5, 5.41) is 0.747. The van der Waals surface area contributed by atoms with Crippen molar-refractivity contribution < 1.29 is 9.53 Å². The van der Waals surface area contributed by atoms with Crippen molar-refractivity contribution >= 4 is 17.4 Å². The molecule has 2 nitrogen and oxygen atoms in total. The first-order chi connectivity index (χ1) is 7.18. The SMILES string of the molecule is CC(=O)CCOCCc1ccc(Cl)cc1. The van der Waals surface area contributed by atoms with Crippen molar-refractivity contribution in [3.05, 3.63) is 34.9 Å². The van der Waals surface area contributed by atoms with Gasteiger partial charge < -0.3 is 4.74 Å². The summed E-state index contributed by atoms with van der Waals surface area (Å²) in [6.45, 7) is 2.74. The normalized spacial score (nSPS) is 10.3. The molecule has 0 spiro atoms. The first kappa shape index (κ1) is 12.2. The van der Waals surface area contributed by atoms with E-state index in [-0.39, 0.29) is 5.78 Å². The van der Waals surface area contributed by atoms with Crippen LogP contribution in [-0.2, 0) is 16.0 Å². The summed E-state index contributed by atoms with van der Waals surface area (Å²) in [6, 6.07) is 7.70. The molecule has 1 aromatic rings. The number of halogens is 1. The van der Waals surface area contributed by atoms with Crippen LogP contribution in [0.5, 0.6) is 0 Å². The molecule has 3 heteroatoms. The maximum atomic E-state index is 10.6. The van der Waals surface area contributed by atoms with Gasteiger partial charge in [-0.2, -0.15) is 0 Å². The van der Waals surface area contributed by atoms with Gasteiger partial charge in [0.05, 0.1) is 13.2 Å². The molecule has 0 aliphatic carbocycles. The van der Waals surface area contributed by atoms with E-state index in [1.54, 1.807) is 6.92 Å². The Bertz CT molecular complexity index is 306. The van der Waals surface area contributed by atoms with Crippen molar-refractivity contribution in [3.8, 4) is 0 Å². The Balaban J connectivity index is 2.15. The maximum absolute atomic E-state index is 10.6. The average molecular weight is 227 g/mol. The van der Waals surface area contributed by atoms with Gasteiger partial charge in [-0.05, 0) is 31.0 Å². The first-order valence-electron chi connectivity index (χ1n) is 5.00. The molecule has 82 valence electrons. The van der Waals surface area contributed by atoms with E-state index >= 15 is 0 Å². The van der Waals surface area contributed by atoms with Gasteiger partial charge in [-0.3, -0.25) is 4.79 Å². The third kappa shape index (κ3) is 5.55. The number of ketones is 1. The molecule has 0 unspecified atom stereocenters. The minimum absolute atomic E-state index is 0.168. The van der Waals surface area contributed by atoms with Crippen LogP contribution in [0.4, 0.5) is 0 Å².